The molecule has 0 unspecified atom stereocenters. The van der Waals surface area contributed by atoms with Gasteiger partial charge >= 0.3 is 26.2 Å². The quantitative estimate of drug-likeness (QED) is 0.476. The topological polar surface area (TPSA) is 0 Å². The largest absolute Gasteiger partial charge is 4.00 e. The Hall–Kier alpha value is 0.883. The van der Waals surface area contributed by atoms with E-state index in [0.29, 0.717) is 0 Å². The Morgan fingerprint density at radius 2 is 1.00 bits per heavy atom. The van der Waals surface area contributed by atoms with Crippen molar-refractivity contribution in [1.82, 2.24) is 0 Å². The average molecular weight is 262 g/mol. The Morgan fingerprint density at radius 1 is 0.692 bits per heavy atom. The van der Waals surface area contributed by atoms with Gasteiger partial charge < -0.3 is 13.8 Å². The minimum absolute atomic E-state index is 0. The summed E-state index contributed by atoms with van der Waals surface area (Å²) in [6.45, 7) is 11.9. The van der Waals surface area contributed by atoms with E-state index < -0.39 is 0 Å². The van der Waals surface area contributed by atoms with Gasteiger partial charge in [0.15, 0.2) is 0 Å². The molecule has 0 saturated carbocycles. The third-order valence-corrected chi connectivity index (χ3v) is 1.71. The van der Waals surface area contributed by atoms with Crippen LogP contribution in [0.25, 0.3) is 0 Å². The first-order chi connectivity index (χ1) is 5.83. The minimum Gasteiger partial charge on any atom is -0.343 e. The van der Waals surface area contributed by atoms with Gasteiger partial charge in [0, 0.05) is 0 Å². The summed E-state index contributed by atoms with van der Waals surface area (Å²) in [5.74, 6) is 0. The maximum absolute atomic E-state index is 3.72. The minimum atomic E-state index is 0. The van der Waals surface area contributed by atoms with Gasteiger partial charge in [0.25, 0.3) is 0 Å². The fourth-order valence-corrected chi connectivity index (χ4v) is 0.854. The molecule has 0 bridgehead atoms. The van der Waals surface area contributed by atoms with Crippen LogP contribution in [0.1, 0.15) is 65.2 Å². The van der Waals surface area contributed by atoms with Crippen LogP contribution in [0.4, 0.5) is 0 Å². The summed E-state index contributed by atoms with van der Waals surface area (Å²) >= 11 is 0. The van der Waals surface area contributed by atoms with Gasteiger partial charge in [0.1, 0.15) is 0 Å². The smallest absolute Gasteiger partial charge is 0.343 e. The van der Waals surface area contributed by atoms with E-state index in [2.05, 4.69) is 27.7 Å². The summed E-state index contributed by atoms with van der Waals surface area (Å²) in [7, 11) is 0. The summed E-state index contributed by atoms with van der Waals surface area (Å²) in [5.41, 5.74) is 0. The first kappa shape index (κ1) is 19.5. The van der Waals surface area contributed by atoms with E-state index in [-0.39, 0.29) is 26.2 Å². The van der Waals surface area contributed by atoms with Crippen molar-refractivity contribution in [2.75, 3.05) is 0 Å². The predicted octanol–water partition coefficient (Wildman–Crippen LogP) is 4.80. The van der Waals surface area contributed by atoms with Gasteiger partial charge in [-0.1, -0.05) is 52.4 Å². The number of hydrogen-bond donors (Lipinski definition) is 0. The zero-order valence-electron chi connectivity index (χ0n) is 9.57. The molecule has 76 valence electrons. The average Bonchev–Trinajstić information content (AvgIpc) is 2.12. The molecule has 0 fully saturated rings. The standard InChI is InChI=1S/2C6H13.Zr/c2*1-3-5-6-4-2;/h2*1,3-6H2,2H3;/q2*-1;+4. The van der Waals surface area contributed by atoms with Gasteiger partial charge in [0.2, 0.25) is 0 Å². The fraction of sp³-hybridized carbons (Fsp3) is 0.833. The molecule has 0 aromatic rings. The van der Waals surface area contributed by atoms with E-state index >= 15 is 0 Å². The third kappa shape index (κ3) is 32.2. The van der Waals surface area contributed by atoms with Crippen LogP contribution >= 0.6 is 0 Å². The first-order valence-corrected chi connectivity index (χ1v) is 5.41. The molecule has 13 heavy (non-hydrogen) atoms. The van der Waals surface area contributed by atoms with Crippen LogP contribution in [0.15, 0.2) is 0 Å². The fourth-order valence-electron chi connectivity index (χ4n) is 0.854. The van der Waals surface area contributed by atoms with E-state index in [4.69, 9.17) is 0 Å². The van der Waals surface area contributed by atoms with Crippen LogP contribution in [0.3, 0.4) is 0 Å². The van der Waals surface area contributed by atoms with Gasteiger partial charge in [-0.2, -0.15) is 12.8 Å². The molecule has 0 N–H and O–H groups in total. The number of unbranched alkanes of at least 4 members (excludes halogenated alkanes) is 6. The van der Waals surface area contributed by atoms with Crippen molar-refractivity contribution < 1.29 is 26.2 Å². The molecule has 0 nitrogen and oxygen atoms in total. The molecule has 0 spiro atoms. The Bertz CT molecular complexity index is 37.1. The molecular weight excluding hydrogens is 235 g/mol. The molecule has 0 aliphatic carbocycles. The molecule has 0 saturated heterocycles. The summed E-state index contributed by atoms with van der Waals surface area (Å²) in [6.07, 6.45) is 10.1. The molecule has 0 heterocycles. The van der Waals surface area contributed by atoms with Crippen molar-refractivity contribution in [1.29, 1.82) is 0 Å². The van der Waals surface area contributed by atoms with Gasteiger partial charge in [-0.3, -0.25) is 0 Å². The molecule has 0 aliphatic heterocycles. The second-order valence-corrected chi connectivity index (χ2v) is 3.12. The zero-order chi connectivity index (χ0) is 9.66. The van der Waals surface area contributed by atoms with Crippen molar-refractivity contribution in [3.63, 3.8) is 0 Å². The van der Waals surface area contributed by atoms with Crippen LogP contribution in [-0.4, -0.2) is 0 Å². The van der Waals surface area contributed by atoms with Crippen LogP contribution in [-0.2, 0) is 26.2 Å². The van der Waals surface area contributed by atoms with Crippen molar-refractivity contribution in [3.05, 3.63) is 13.8 Å². The summed E-state index contributed by atoms with van der Waals surface area (Å²) in [6, 6.07) is 0. The summed E-state index contributed by atoms with van der Waals surface area (Å²) in [4.78, 5) is 0. The van der Waals surface area contributed by atoms with Gasteiger partial charge in [-0.15, -0.1) is 0 Å². The van der Waals surface area contributed by atoms with Crippen LogP contribution in [0, 0.1) is 13.8 Å². The second-order valence-electron chi connectivity index (χ2n) is 3.12. The monoisotopic (exact) mass is 260 g/mol. The molecule has 0 aromatic carbocycles. The molecule has 0 rings (SSSR count). The first-order valence-electron chi connectivity index (χ1n) is 5.41. The van der Waals surface area contributed by atoms with E-state index in [1.165, 1.54) is 38.5 Å². The molecule has 0 atom stereocenters. The van der Waals surface area contributed by atoms with E-state index in [1.807, 2.05) is 0 Å². The van der Waals surface area contributed by atoms with E-state index in [9.17, 15) is 0 Å². The van der Waals surface area contributed by atoms with Gasteiger partial charge in [-0.25, -0.2) is 0 Å². The Labute approximate surface area is 105 Å². The van der Waals surface area contributed by atoms with Crippen molar-refractivity contribution in [2.45, 2.75) is 65.2 Å². The summed E-state index contributed by atoms with van der Waals surface area (Å²) < 4.78 is 0. The molecule has 1 heteroatoms. The molecule has 0 amide bonds. The zero-order valence-corrected chi connectivity index (χ0v) is 12.0. The molecular formula is C12H26Zr+2. The van der Waals surface area contributed by atoms with Crippen molar-refractivity contribution in [3.8, 4) is 0 Å². The molecule has 0 aromatic heterocycles. The normalized spacial score (nSPS) is 8.31. The van der Waals surface area contributed by atoms with Crippen molar-refractivity contribution in [2.24, 2.45) is 0 Å². The van der Waals surface area contributed by atoms with Crippen molar-refractivity contribution >= 4 is 0 Å². The Morgan fingerprint density at radius 3 is 1.08 bits per heavy atom. The number of hydrogen-bond acceptors (Lipinski definition) is 0. The van der Waals surface area contributed by atoms with Gasteiger partial charge in [-0.05, 0) is 0 Å². The second kappa shape index (κ2) is 23.1. The molecule has 0 radical (unpaired) electrons. The Kier molecular flexibility index (Phi) is 34.5. The van der Waals surface area contributed by atoms with Crippen LogP contribution in [0.2, 0.25) is 0 Å². The van der Waals surface area contributed by atoms with E-state index in [1.54, 1.807) is 0 Å². The van der Waals surface area contributed by atoms with Gasteiger partial charge in [0.05, 0.1) is 0 Å². The summed E-state index contributed by atoms with van der Waals surface area (Å²) in [5, 5.41) is 0. The number of rotatable bonds is 6. The van der Waals surface area contributed by atoms with E-state index in [0.717, 1.165) is 12.8 Å². The SMILES string of the molecule is [CH2-]CCCCC.[CH2-]CCCCC.[Zr+4]. The predicted molar refractivity (Wildman–Crippen MR) is 59.0 cm³/mol. The third-order valence-electron chi connectivity index (χ3n) is 1.71. The van der Waals surface area contributed by atoms with Crippen LogP contribution < -0.4 is 0 Å². The maximum Gasteiger partial charge on any atom is 4.00 e. The maximum atomic E-state index is 3.72. The van der Waals surface area contributed by atoms with Crippen LogP contribution in [0.5, 0.6) is 0 Å². The molecule has 0 aliphatic rings. The Balaban J connectivity index is -0.000000143.